The lowest BCUT2D eigenvalue weighted by Crippen LogP contribution is -2.54. The predicted octanol–water partition coefficient (Wildman–Crippen LogP) is 2.40. The summed E-state index contributed by atoms with van der Waals surface area (Å²) in [4.78, 5) is 2.83. The Bertz CT molecular complexity index is 180. The quantitative estimate of drug-likeness (QED) is 0.612. The third-order valence-electron chi connectivity index (χ3n) is 3.08. The number of nitrogens with one attached hydrogen (secondary N) is 1. The van der Waals surface area contributed by atoms with Gasteiger partial charge < -0.3 is 9.22 Å². The van der Waals surface area contributed by atoms with Crippen LogP contribution in [0.1, 0.15) is 34.1 Å². The molecule has 98 valence electrons. The molecule has 1 fully saturated rings. The Morgan fingerprint density at radius 1 is 1.25 bits per heavy atom. The van der Waals surface area contributed by atoms with E-state index < -0.39 is 0 Å². The molecular weight excluding hydrogens is 224 g/mol. The smallest absolute Gasteiger partial charge is 0.102 e. The summed E-state index contributed by atoms with van der Waals surface area (Å²) in [6, 6.07) is 0. The largest absolute Gasteiger partial charge is 0.370 e. The minimum atomic E-state index is 0.0289. The number of ether oxygens (including phenoxy) is 1. The van der Waals surface area contributed by atoms with Crippen molar-refractivity contribution in [1.82, 2.24) is 4.84 Å². The summed E-state index contributed by atoms with van der Waals surface area (Å²) in [6.45, 7) is 13.5. The molecule has 1 heterocycles. The second kappa shape index (κ2) is 7.49. The van der Waals surface area contributed by atoms with Gasteiger partial charge in [0.15, 0.2) is 0 Å². The van der Waals surface area contributed by atoms with Crippen molar-refractivity contribution >= 4 is 11.8 Å². The van der Waals surface area contributed by atoms with Crippen molar-refractivity contribution in [2.45, 2.75) is 39.7 Å². The van der Waals surface area contributed by atoms with Crippen LogP contribution in [0.2, 0.25) is 0 Å². The molecular formula is C12H28ClN2O+. The summed E-state index contributed by atoms with van der Waals surface area (Å²) in [6.07, 6.45) is 1.09. The second-order valence-electron chi connectivity index (χ2n) is 5.13. The van der Waals surface area contributed by atoms with Crippen LogP contribution in [0.15, 0.2) is 0 Å². The summed E-state index contributed by atoms with van der Waals surface area (Å²) in [5.41, 5.74) is 0.0289. The molecule has 1 rings (SSSR count). The van der Waals surface area contributed by atoms with Gasteiger partial charge in [-0.2, -0.15) is 0 Å². The monoisotopic (exact) mass is 251 g/mol. The molecule has 1 N–H and O–H groups in total. The average Bonchev–Trinajstić information content (AvgIpc) is 2.31. The zero-order valence-corrected chi connectivity index (χ0v) is 12.2. The van der Waals surface area contributed by atoms with Crippen molar-refractivity contribution in [3.8, 4) is 0 Å². The highest BCUT2D eigenvalue weighted by molar-refractivity contribution is 6.13. The van der Waals surface area contributed by atoms with Crippen LogP contribution in [0.4, 0.5) is 0 Å². The number of quaternary nitrogens is 1. The Balaban J connectivity index is 0.00000106. The molecule has 0 amide bonds. The fourth-order valence-electron chi connectivity index (χ4n) is 1.60. The molecule has 1 aliphatic heterocycles. The number of halogens is 1. The van der Waals surface area contributed by atoms with Crippen molar-refractivity contribution in [2.75, 3.05) is 39.9 Å². The van der Waals surface area contributed by atoms with Gasteiger partial charge in [0.1, 0.15) is 13.1 Å². The van der Waals surface area contributed by atoms with Gasteiger partial charge in [0.25, 0.3) is 0 Å². The van der Waals surface area contributed by atoms with E-state index in [0.717, 1.165) is 43.8 Å². The van der Waals surface area contributed by atoms with E-state index in [1.807, 2.05) is 13.8 Å². The molecule has 0 saturated carbocycles. The molecule has 0 unspecified atom stereocenters. The topological polar surface area (TPSA) is 21.3 Å². The van der Waals surface area contributed by atoms with Gasteiger partial charge in [-0.25, -0.2) is 4.84 Å². The Morgan fingerprint density at radius 3 is 2.19 bits per heavy atom. The Labute approximate surface area is 106 Å². The lowest BCUT2D eigenvalue weighted by Gasteiger charge is -2.39. The van der Waals surface area contributed by atoms with Crippen molar-refractivity contribution in [2.24, 2.45) is 0 Å². The molecule has 0 bridgehead atoms. The highest BCUT2D eigenvalue weighted by atomic mass is 35.5. The molecule has 1 aliphatic rings. The first-order chi connectivity index (χ1) is 7.47. The molecule has 4 heteroatoms. The zero-order chi connectivity index (χ0) is 12.7. The van der Waals surface area contributed by atoms with Gasteiger partial charge in [0.2, 0.25) is 0 Å². The number of hydrogen-bond donors (Lipinski definition) is 1. The summed E-state index contributed by atoms with van der Waals surface area (Å²) in [5, 5.41) is 0. The first kappa shape index (κ1) is 16.2. The van der Waals surface area contributed by atoms with E-state index in [0.29, 0.717) is 0 Å². The van der Waals surface area contributed by atoms with Gasteiger partial charge in [0.05, 0.1) is 26.8 Å². The lowest BCUT2D eigenvalue weighted by atomic mass is 10.0. The van der Waals surface area contributed by atoms with Gasteiger partial charge in [-0.3, -0.25) is 0 Å². The summed E-state index contributed by atoms with van der Waals surface area (Å²) in [7, 11) is 2.30. The number of rotatable bonds is 4. The van der Waals surface area contributed by atoms with E-state index >= 15 is 0 Å². The molecule has 0 aromatic heterocycles. The molecule has 0 aliphatic carbocycles. The predicted molar refractivity (Wildman–Crippen MR) is 70.6 cm³/mol. The van der Waals surface area contributed by atoms with Crippen molar-refractivity contribution in [3.63, 3.8) is 0 Å². The minimum absolute atomic E-state index is 0.0289. The fraction of sp³-hybridized carbons (Fsp3) is 1.00. The third-order valence-corrected chi connectivity index (χ3v) is 3.59. The molecule has 1 saturated heterocycles. The Morgan fingerprint density at radius 2 is 1.75 bits per heavy atom. The summed E-state index contributed by atoms with van der Waals surface area (Å²) in [5.74, 6) is 0. The molecule has 3 nitrogen and oxygen atoms in total. The van der Waals surface area contributed by atoms with E-state index in [9.17, 15) is 0 Å². The molecule has 0 spiro atoms. The van der Waals surface area contributed by atoms with E-state index in [-0.39, 0.29) is 5.54 Å². The second-order valence-corrected chi connectivity index (χ2v) is 5.32. The van der Waals surface area contributed by atoms with Gasteiger partial charge in [-0.15, -0.1) is 0 Å². The van der Waals surface area contributed by atoms with E-state index in [4.69, 9.17) is 16.5 Å². The molecule has 0 radical (unpaired) electrons. The van der Waals surface area contributed by atoms with Gasteiger partial charge in [0, 0.05) is 12.0 Å². The highest BCUT2D eigenvalue weighted by Gasteiger charge is 2.28. The normalized spacial score (nSPS) is 19.9. The first-order valence-corrected chi connectivity index (χ1v) is 6.64. The maximum Gasteiger partial charge on any atom is 0.102 e. The van der Waals surface area contributed by atoms with Crippen LogP contribution in [-0.2, 0) is 4.74 Å². The highest BCUT2D eigenvalue weighted by Crippen LogP contribution is 2.15. The molecule has 0 aromatic rings. The average molecular weight is 252 g/mol. The maximum absolute atomic E-state index is 5.67. The van der Waals surface area contributed by atoms with Crippen LogP contribution >= 0.6 is 11.8 Å². The maximum atomic E-state index is 5.67. The lowest BCUT2D eigenvalue weighted by molar-refractivity contribution is -0.917. The molecule has 0 atom stereocenters. The Hall–Kier alpha value is 0.170. The number of nitrogens with zero attached hydrogens (tertiary/aromatic N) is 1. The van der Waals surface area contributed by atoms with Gasteiger partial charge >= 0.3 is 0 Å². The van der Waals surface area contributed by atoms with Crippen LogP contribution in [-0.4, -0.2) is 49.9 Å². The standard InChI is InChI=1S/C10H22ClN2O.C2H6/c1-10(2,12-11)4-5-13(3)6-8-14-9-7-13;1-2/h12H,4-9H2,1-3H3;1-2H3/q+1;. The first-order valence-electron chi connectivity index (χ1n) is 6.27. The summed E-state index contributed by atoms with van der Waals surface area (Å²) < 4.78 is 6.48. The van der Waals surface area contributed by atoms with Crippen molar-refractivity contribution in [3.05, 3.63) is 0 Å². The SMILES string of the molecule is CC.CC(C)(CC[N+]1(C)CCOCC1)NCl. The fourth-order valence-corrected chi connectivity index (χ4v) is 1.70. The summed E-state index contributed by atoms with van der Waals surface area (Å²) >= 11 is 5.67. The van der Waals surface area contributed by atoms with Crippen LogP contribution in [0, 0.1) is 0 Å². The zero-order valence-electron chi connectivity index (χ0n) is 11.5. The molecule has 0 aromatic carbocycles. The van der Waals surface area contributed by atoms with Crippen LogP contribution in [0.25, 0.3) is 0 Å². The number of likely N-dealkylation sites (N-methyl/N-ethyl adjacent to an activating group) is 1. The minimum Gasteiger partial charge on any atom is -0.370 e. The van der Waals surface area contributed by atoms with Gasteiger partial charge in [-0.05, 0) is 25.6 Å². The van der Waals surface area contributed by atoms with Gasteiger partial charge in [-0.1, -0.05) is 13.8 Å². The third kappa shape index (κ3) is 6.04. The van der Waals surface area contributed by atoms with E-state index in [1.165, 1.54) is 0 Å². The number of morpholine rings is 1. The Kier molecular flexibility index (Phi) is 7.57. The van der Waals surface area contributed by atoms with Crippen molar-refractivity contribution in [1.29, 1.82) is 0 Å². The van der Waals surface area contributed by atoms with Crippen LogP contribution in [0.3, 0.4) is 0 Å². The van der Waals surface area contributed by atoms with E-state index in [1.54, 1.807) is 0 Å². The van der Waals surface area contributed by atoms with E-state index in [2.05, 4.69) is 25.7 Å². The van der Waals surface area contributed by atoms with Crippen LogP contribution < -0.4 is 4.84 Å². The van der Waals surface area contributed by atoms with Crippen molar-refractivity contribution < 1.29 is 9.22 Å². The number of hydrogen-bond acceptors (Lipinski definition) is 2. The molecule has 16 heavy (non-hydrogen) atoms. The van der Waals surface area contributed by atoms with Crippen LogP contribution in [0.5, 0.6) is 0 Å².